The second-order valence-electron chi connectivity index (χ2n) is 8.08. The summed E-state index contributed by atoms with van der Waals surface area (Å²) >= 11 is 1.58. The van der Waals surface area contributed by atoms with E-state index in [0.29, 0.717) is 43.6 Å². The normalized spacial score (nSPS) is 14.9. The Bertz CT molecular complexity index is 1090. The zero-order chi connectivity index (χ0) is 26.0. The molecule has 196 valence electrons. The van der Waals surface area contributed by atoms with E-state index in [1.807, 2.05) is 30.3 Å². The minimum absolute atomic E-state index is 0.0380. The summed E-state index contributed by atoms with van der Waals surface area (Å²) in [6.07, 6.45) is 0.190. The summed E-state index contributed by atoms with van der Waals surface area (Å²) in [5.41, 5.74) is 1.13. The number of hydrogen-bond acceptors (Lipinski definition) is 8. The minimum Gasteiger partial charge on any atom is -0.497 e. The predicted molar refractivity (Wildman–Crippen MR) is 137 cm³/mol. The quantitative estimate of drug-likeness (QED) is 0.301. The average molecular weight is 537 g/mol. The Kier molecular flexibility index (Phi) is 10.6. The van der Waals surface area contributed by atoms with Crippen LogP contribution in [0.5, 0.6) is 5.75 Å². The molecule has 36 heavy (non-hydrogen) atoms. The standard InChI is InChI=1S/C25H32N2O7S2/c1-32-21-8-10-22(11-9-21)36(30,31)27(18-24(28)26-13-15-34-16-14-26)23(25(29)33-2)12-17-35-19-20-6-4-3-5-7-20/h3-11,23H,12-19H2,1-2H3. The Morgan fingerprint density at radius 1 is 1.06 bits per heavy atom. The molecular weight excluding hydrogens is 504 g/mol. The smallest absolute Gasteiger partial charge is 0.324 e. The van der Waals surface area contributed by atoms with Gasteiger partial charge in [0.1, 0.15) is 11.8 Å². The summed E-state index contributed by atoms with van der Waals surface area (Å²) in [5.74, 6) is 0.608. The van der Waals surface area contributed by atoms with E-state index in [1.165, 1.54) is 38.5 Å². The van der Waals surface area contributed by atoms with E-state index in [-0.39, 0.29) is 17.2 Å². The first-order chi connectivity index (χ1) is 17.4. The van der Waals surface area contributed by atoms with Crippen molar-refractivity contribution in [3.05, 3.63) is 60.2 Å². The molecule has 0 aromatic heterocycles. The van der Waals surface area contributed by atoms with Crippen molar-refractivity contribution in [3.8, 4) is 5.75 Å². The first-order valence-corrected chi connectivity index (χ1v) is 14.2. The molecule has 0 N–H and O–H groups in total. The molecule has 3 rings (SSSR count). The topological polar surface area (TPSA) is 102 Å². The number of rotatable bonds is 12. The SMILES string of the molecule is COC(=O)C(CCSCc1ccccc1)N(CC(=O)N1CCOCC1)S(=O)(=O)c1ccc(OC)cc1. The van der Waals surface area contributed by atoms with Crippen molar-refractivity contribution < 1.29 is 32.2 Å². The van der Waals surface area contributed by atoms with Crippen LogP contribution in [0.15, 0.2) is 59.5 Å². The highest BCUT2D eigenvalue weighted by atomic mass is 32.2. The van der Waals surface area contributed by atoms with Crippen molar-refractivity contribution in [2.45, 2.75) is 23.1 Å². The van der Waals surface area contributed by atoms with Gasteiger partial charge in [-0.05, 0) is 42.0 Å². The van der Waals surface area contributed by atoms with Crippen LogP contribution in [0.1, 0.15) is 12.0 Å². The van der Waals surface area contributed by atoms with Gasteiger partial charge in [0.25, 0.3) is 0 Å². The summed E-state index contributed by atoms with van der Waals surface area (Å²) < 4.78 is 43.9. The van der Waals surface area contributed by atoms with Crippen molar-refractivity contribution in [2.24, 2.45) is 0 Å². The Hall–Kier alpha value is -2.60. The maximum Gasteiger partial charge on any atom is 0.324 e. The maximum atomic E-state index is 13.7. The Morgan fingerprint density at radius 3 is 2.33 bits per heavy atom. The maximum absolute atomic E-state index is 13.7. The molecule has 1 aliphatic rings. The van der Waals surface area contributed by atoms with E-state index in [0.717, 1.165) is 9.87 Å². The van der Waals surface area contributed by atoms with Crippen LogP contribution in [0, 0.1) is 0 Å². The van der Waals surface area contributed by atoms with Gasteiger partial charge in [-0.3, -0.25) is 9.59 Å². The van der Waals surface area contributed by atoms with E-state index in [9.17, 15) is 18.0 Å². The van der Waals surface area contributed by atoms with E-state index in [2.05, 4.69) is 0 Å². The molecule has 1 saturated heterocycles. The number of carbonyl (C=O) groups is 2. The number of hydrogen-bond donors (Lipinski definition) is 0. The monoisotopic (exact) mass is 536 g/mol. The molecule has 1 amide bonds. The first kappa shape index (κ1) is 28.0. The molecule has 1 unspecified atom stereocenters. The van der Waals surface area contributed by atoms with Crippen LogP contribution in [0.3, 0.4) is 0 Å². The summed E-state index contributed by atoms with van der Waals surface area (Å²) in [6.45, 7) is 1.02. The molecule has 0 spiro atoms. The van der Waals surface area contributed by atoms with Crippen LogP contribution in [0.25, 0.3) is 0 Å². The Morgan fingerprint density at radius 2 is 1.72 bits per heavy atom. The molecule has 1 atom stereocenters. The molecule has 1 aliphatic heterocycles. The van der Waals surface area contributed by atoms with Gasteiger partial charge in [0.05, 0.1) is 38.9 Å². The second-order valence-corrected chi connectivity index (χ2v) is 11.1. The number of carbonyl (C=O) groups excluding carboxylic acids is 2. The Balaban J connectivity index is 1.84. The lowest BCUT2D eigenvalue weighted by Crippen LogP contribution is -2.52. The molecule has 2 aromatic carbocycles. The van der Waals surface area contributed by atoms with Gasteiger partial charge in [-0.15, -0.1) is 0 Å². The molecule has 9 nitrogen and oxygen atoms in total. The first-order valence-electron chi connectivity index (χ1n) is 11.6. The van der Waals surface area contributed by atoms with Gasteiger partial charge in [-0.25, -0.2) is 8.42 Å². The van der Waals surface area contributed by atoms with Crippen molar-refractivity contribution in [2.75, 3.05) is 52.8 Å². The van der Waals surface area contributed by atoms with E-state index >= 15 is 0 Å². The third kappa shape index (κ3) is 7.45. The zero-order valence-electron chi connectivity index (χ0n) is 20.5. The van der Waals surface area contributed by atoms with Gasteiger partial charge in [0.15, 0.2) is 0 Å². The number of esters is 1. The van der Waals surface area contributed by atoms with Gasteiger partial charge in [0, 0.05) is 18.8 Å². The van der Waals surface area contributed by atoms with Crippen LogP contribution in [0.2, 0.25) is 0 Å². The number of morpholine rings is 1. The summed E-state index contributed by atoms with van der Waals surface area (Å²) in [7, 11) is -1.51. The fraction of sp³-hybridized carbons (Fsp3) is 0.440. The van der Waals surface area contributed by atoms with Gasteiger partial charge in [-0.2, -0.15) is 16.1 Å². The number of benzene rings is 2. The third-order valence-electron chi connectivity index (χ3n) is 5.79. The molecule has 2 aromatic rings. The van der Waals surface area contributed by atoms with Crippen LogP contribution in [-0.4, -0.2) is 88.4 Å². The van der Waals surface area contributed by atoms with Crippen LogP contribution < -0.4 is 4.74 Å². The molecule has 0 saturated carbocycles. The van der Waals surface area contributed by atoms with Gasteiger partial charge >= 0.3 is 5.97 Å². The second kappa shape index (κ2) is 13.6. The number of thioether (sulfide) groups is 1. The molecule has 1 fully saturated rings. The van der Waals surface area contributed by atoms with Crippen LogP contribution in [-0.2, 0) is 34.8 Å². The molecule has 0 aliphatic carbocycles. The van der Waals surface area contributed by atoms with E-state index in [1.54, 1.807) is 16.7 Å². The van der Waals surface area contributed by atoms with Crippen molar-refractivity contribution in [1.29, 1.82) is 0 Å². The number of amides is 1. The highest BCUT2D eigenvalue weighted by Gasteiger charge is 2.39. The average Bonchev–Trinajstić information content (AvgIpc) is 2.92. The van der Waals surface area contributed by atoms with Gasteiger partial charge < -0.3 is 19.1 Å². The van der Waals surface area contributed by atoms with E-state index < -0.39 is 28.6 Å². The van der Waals surface area contributed by atoms with Gasteiger partial charge in [0.2, 0.25) is 15.9 Å². The van der Waals surface area contributed by atoms with Crippen molar-refractivity contribution >= 4 is 33.7 Å². The van der Waals surface area contributed by atoms with Gasteiger partial charge in [-0.1, -0.05) is 30.3 Å². The fourth-order valence-corrected chi connectivity index (χ4v) is 6.29. The largest absolute Gasteiger partial charge is 0.497 e. The lowest BCUT2D eigenvalue weighted by Gasteiger charge is -2.32. The third-order valence-corrected chi connectivity index (χ3v) is 8.72. The fourth-order valence-electron chi connectivity index (χ4n) is 3.77. The Labute approximate surface area is 216 Å². The summed E-state index contributed by atoms with van der Waals surface area (Å²) in [6, 6.07) is 14.6. The molecular formula is C25H32N2O7S2. The summed E-state index contributed by atoms with van der Waals surface area (Å²) in [5, 5.41) is 0. The highest BCUT2D eigenvalue weighted by molar-refractivity contribution is 7.98. The lowest BCUT2D eigenvalue weighted by molar-refractivity contribution is -0.146. The molecule has 11 heteroatoms. The van der Waals surface area contributed by atoms with Crippen LogP contribution in [0.4, 0.5) is 0 Å². The van der Waals surface area contributed by atoms with E-state index in [4.69, 9.17) is 14.2 Å². The molecule has 1 heterocycles. The van der Waals surface area contributed by atoms with Crippen molar-refractivity contribution in [1.82, 2.24) is 9.21 Å². The predicted octanol–water partition coefficient (Wildman–Crippen LogP) is 2.41. The number of nitrogens with zero attached hydrogens (tertiary/aromatic N) is 2. The summed E-state index contributed by atoms with van der Waals surface area (Å²) in [4.78, 5) is 27.5. The zero-order valence-corrected chi connectivity index (χ0v) is 22.1. The van der Waals surface area contributed by atoms with Crippen molar-refractivity contribution in [3.63, 3.8) is 0 Å². The molecule has 0 bridgehead atoms. The number of methoxy groups -OCH3 is 2. The number of ether oxygens (including phenoxy) is 3. The van der Waals surface area contributed by atoms with Crippen LogP contribution >= 0.6 is 11.8 Å². The lowest BCUT2D eigenvalue weighted by atomic mass is 10.2. The molecule has 0 radical (unpaired) electrons. The number of sulfonamides is 1. The highest BCUT2D eigenvalue weighted by Crippen LogP contribution is 2.25. The minimum atomic E-state index is -4.21.